The molecule has 5 nitrogen and oxygen atoms in total. The molecule has 11 heteroatoms. The molecule has 1 saturated heterocycles. The Hall–Kier alpha value is -2.10. The summed E-state index contributed by atoms with van der Waals surface area (Å²) in [7, 11) is -2.28. The number of hydrogen-bond donors (Lipinski definition) is 0. The molecule has 0 aliphatic carbocycles. The minimum atomic E-state index is -5.07. The standard InChI is InChI=1S/C22H21Cl2F3N2O3S/c1-13-14(2)29(9-8-28(13)17-5-3-4-16(23)11-17)21(31)15-6-7-19(18(24)10-15)33(32)12-20(30)22(25,26)27/h3-7,10-11,13-14H,8-9,12H2,1-2H3/t13-,14-,33?/m0/s1. The summed E-state index contributed by atoms with van der Waals surface area (Å²) in [4.78, 5) is 28.0. The number of alkyl halides is 3. The van der Waals surface area contributed by atoms with Gasteiger partial charge in [-0.25, -0.2) is 0 Å². The molecule has 1 aliphatic rings. The molecule has 3 rings (SSSR count). The van der Waals surface area contributed by atoms with Crippen molar-refractivity contribution in [3.05, 3.63) is 58.1 Å². The minimum absolute atomic E-state index is 0.0169. The molecular weight excluding hydrogens is 500 g/mol. The van der Waals surface area contributed by atoms with E-state index in [4.69, 9.17) is 23.2 Å². The second-order valence-corrected chi connectivity index (χ2v) is 9.97. The van der Waals surface area contributed by atoms with Gasteiger partial charge in [-0.2, -0.15) is 13.2 Å². The number of nitrogens with zero attached hydrogens (tertiary/aromatic N) is 2. The maximum Gasteiger partial charge on any atom is 0.450 e. The molecule has 1 fully saturated rings. The van der Waals surface area contributed by atoms with Gasteiger partial charge in [0.25, 0.3) is 5.91 Å². The first-order chi connectivity index (χ1) is 15.4. The fourth-order valence-corrected chi connectivity index (χ4v) is 5.39. The number of rotatable bonds is 5. The van der Waals surface area contributed by atoms with Crippen LogP contribution in [0.1, 0.15) is 24.2 Å². The lowest BCUT2D eigenvalue weighted by atomic mass is 10.0. The smallest absolute Gasteiger partial charge is 0.365 e. The predicted octanol–water partition coefficient (Wildman–Crippen LogP) is 4.97. The normalized spacial score (nSPS) is 20.0. The van der Waals surface area contributed by atoms with Crippen LogP contribution in [0.2, 0.25) is 10.0 Å². The maximum atomic E-state index is 13.1. The van der Waals surface area contributed by atoms with Crippen LogP contribution in [-0.4, -0.2) is 57.9 Å². The van der Waals surface area contributed by atoms with E-state index in [1.165, 1.54) is 18.2 Å². The van der Waals surface area contributed by atoms with E-state index >= 15 is 0 Å². The summed E-state index contributed by atoms with van der Waals surface area (Å²) in [6.45, 7) is 4.93. The number of ketones is 1. The Balaban J connectivity index is 1.74. The number of halogens is 5. The number of carbonyl (C=O) groups excluding carboxylic acids is 2. The van der Waals surface area contributed by atoms with Gasteiger partial charge in [0.15, 0.2) is 0 Å². The Bertz CT molecular complexity index is 1100. The quantitative estimate of drug-likeness (QED) is 0.558. The number of hydrogen-bond acceptors (Lipinski definition) is 4. The molecule has 0 bridgehead atoms. The van der Waals surface area contributed by atoms with Gasteiger partial charge in [0, 0.05) is 41.4 Å². The van der Waals surface area contributed by atoms with Crippen LogP contribution >= 0.6 is 23.2 Å². The SMILES string of the molecule is C[C@H]1[C@H](C)N(c2cccc(Cl)c2)CCN1C(=O)c1ccc(S(=O)CC(=O)C(F)(F)F)c(Cl)c1. The maximum absolute atomic E-state index is 13.1. The van der Waals surface area contributed by atoms with Crippen molar-refractivity contribution in [3.63, 3.8) is 0 Å². The van der Waals surface area contributed by atoms with Gasteiger partial charge in [-0.15, -0.1) is 0 Å². The van der Waals surface area contributed by atoms with E-state index in [1.807, 2.05) is 32.0 Å². The van der Waals surface area contributed by atoms with Crippen molar-refractivity contribution in [2.75, 3.05) is 23.7 Å². The topological polar surface area (TPSA) is 57.7 Å². The molecule has 2 aromatic rings. The number of benzene rings is 2. The third-order valence-electron chi connectivity index (χ3n) is 5.67. The molecule has 0 N–H and O–H groups in total. The van der Waals surface area contributed by atoms with Crippen molar-refractivity contribution < 1.29 is 27.0 Å². The summed E-state index contributed by atoms with van der Waals surface area (Å²) in [5.41, 5.74) is 1.18. The number of anilines is 1. The van der Waals surface area contributed by atoms with Crippen LogP contribution in [0.5, 0.6) is 0 Å². The highest BCUT2D eigenvalue weighted by Crippen LogP contribution is 2.29. The van der Waals surface area contributed by atoms with Gasteiger partial charge >= 0.3 is 6.18 Å². The molecule has 1 aliphatic heterocycles. The summed E-state index contributed by atoms with van der Waals surface area (Å²) in [5.74, 6) is -3.63. The number of Topliss-reactive ketones (excluding diaryl/α,β-unsaturated/α-hetero) is 1. The fraction of sp³-hybridized carbons (Fsp3) is 0.364. The molecule has 2 aromatic carbocycles. The molecule has 1 amide bonds. The zero-order valence-corrected chi connectivity index (χ0v) is 20.1. The van der Waals surface area contributed by atoms with Gasteiger partial charge in [0.05, 0.1) is 26.5 Å². The Morgan fingerprint density at radius 1 is 1.06 bits per heavy atom. The van der Waals surface area contributed by atoms with E-state index in [2.05, 4.69) is 4.90 Å². The molecule has 1 heterocycles. The molecule has 1 unspecified atom stereocenters. The second kappa shape index (κ2) is 10.0. The summed E-state index contributed by atoms with van der Waals surface area (Å²) in [6.07, 6.45) is -5.07. The number of amides is 1. The van der Waals surface area contributed by atoms with Crippen LogP contribution in [0.4, 0.5) is 18.9 Å². The zero-order chi connectivity index (χ0) is 24.5. The Labute approximate surface area is 201 Å². The van der Waals surface area contributed by atoms with Crippen LogP contribution in [0.15, 0.2) is 47.4 Å². The van der Waals surface area contributed by atoms with Gasteiger partial charge in [0.2, 0.25) is 5.78 Å². The third kappa shape index (κ3) is 5.70. The van der Waals surface area contributed by atoms with Gasteiger partial charge in [-0.1, -0.05) is 29.3 Å². The molecule has 33 heavy (non-hydrogen) atoms. The van der Waals surface area contributed by atoms with E-state index in [-0.39, 0.29) is 33.5 Å². The van der Waals surface area contributed by atoms with Crippen LogP contribution in [0.3, 0.4) is 0 Å². The summed E-state index contributed by atoms with van der Waals surface area (Å²) in [6, 6.07) is 11.2. The Morgan fingerprint density at radius 2 is 1.76 bits per heavy atom. The highest BCUT2D eigenvalue weighted by atomic mass is 35.5. The van der Waals surface area contributed by atoms with Crippen molar-refractivity contribution in [2.24, 2.45) is 0 Å². The van der Waals surface area contributed by atoms with E-state index in [0.29, 0.717) is 18.1 Å². The number of carbonyl (C=O) groups is 2. The Morgan fingerprint density at radius 3 is 2.36 bits per heavy atom. The highest BCUT2D eigenvalue weighted by Gasteiger charge is 2.39. The Kier molecular flexibility index (Phi) is 7.76. The van der Waals surface area contributed by atoms with E-state index in [9.17, 15) is 27.0 Å². The lowest BCUT2D eigenvalue weighted by Gasteiger charge is -2.46. The summed E-state index contributed by atoms with van der Waals surface area (Å²) < 4.78 is 49.5. The summed E-state index contributed by atoms with van der Waals surface area (Å²) in [5, 5.41) is 0.488. The molecule has 0 saturated carbocycles. The second-order valence-electron chi connectivity index (χ2n) is 7.71. The van der Waals surface area contributed by atoms with Crippen LogP contribution in [-0.2, 0) is 15.6 Å². The summed E-state index contributed by atoms with van der Waals surface area (Å²) >= 11 is 12.2. The number of piperazine rings is 1. The highest BCUT2D eigenvalue weighted by molar-refractivity contribution is 7.86. The monoisotopic (exact) mass is 520 g/mol. The van der Waals surface area contributed by atoms with E-state index < -0.39 is 28.5 Å². The van der Waals surface area contributed by atoms with Crippen molar-refractivity contribution in [1.29, 1.82) is 0 Å². The van der Waals surface area contributed by atoms with Gasteiger partial charge < -0.3 is 9.80 Å². The molecule has 0 aromatic heterocycles. The van der Waals surface area contributed by atoms with Crippen LogP contribution in [0, 0.1) is 0 Å². The first-order valence-corrected chi connectivity index (χ1v) is 12.1. The van der Waals surface area contributed by atoms with Crippen LogP contribution in [0.25, 0.3) is 0 Å². The molecule has 0 spiro atoms. The minimum Gasteiger partial charge on any atom is -0.365 e. The lowest BCUT2D eigenvalue weighted by Crippen LogP contribution is -2.59. The zero-order valence-electron chi connectivity index (χ0n) is 17.7. The molecule has 3 atom stereocenters. The van der Waals surface area contributed by atoms with Crippen molar-refractivity contribution >= 4 is 51.4 Å². The average molecular weight is 521 g/mol. The predicted molar refractivity (Wildman–Crippen MR) is 123 cm³/mol. The first kappa shape index (κ1) is 25.5. The fourth-order valence-electron chi connectivity index (χ4n) is 3.71. The average Bonchev–Trinajstić information content (AvgIpc) is 2.74. The molecular formula is C22H21Cl2F3N2O3S. The van der Waals surface area contributed by atoms with E-state index in [0.717, 1.165) is 5.69 Å². The van der Waals surface area contributed by atoms with Gasteiger partial charge in [-0.05, 0) is 50.2 Å². The van der Waals surface area contributed by atoms with Crippen molar-refractivity contribution in [2.45, 2.75) is 37.0 Å². The lowest BCUT2D eigenvalue weighted by molar-refractivity contribution is -0.168. The van der Waals surface area contributed by atoms with Gasteiger partial charge in [0.1, 0.15) is 0 Å². The van der Waals surface area contributed by atoms with Crippen LogP contribution < -0.4 is 4.90 Å². The largest absolute Gasteiger partial charge is 0.450 e. The molecule has 178 valence electrons. The third-order valence-corrected chi connectivity index (χ3v) is 7.70. The van der Waals surface area contributed by atoms with Crippen molar-refractivity contribution in [3.8, 4) is 0 Å². The van der Waals surface area contributed by atoms with Crippen molar-refractivity contribution in [1.82, 2.24) is 4.90 Å². The van der Waals surface area contributed by atoms with E-state index in [1.54, 1.807) is 11.0 Å². The molecule has 0 radical (unpaired) electrons. The van der Waals surface area contributed by atoms with Gasteiger partial charge in [-0.3, -0.25) is 13.8 Å². The first-order valence-electron chi connectivity index (χ1n) is 10.0.